The van der Waals surface area contributed by atoms with Gasteiger partial charge >= 0.3 is 93.6 Å². The zero-order valence-corrected chi connectivity index (χ0v) is 12.7. The second-order valence-corrected chi connectivity index (χ2v) is 4.73. The molecule has 0 amide bonds. The van der Waals surface area contributed by atoms with E-state index >= 15 is 0 Å². The van der Waals surface area contributed by atoms with Gasteiger partial charge in [-0.25, -0.2) is 0 Å². The average Bonchev–Trinajstić information content (AvgIpc) is 2.63. The van der Waals surface area contributed by atoms with Crippen LogP contribution in [0.25, 0.3) is 5.57 Å². The second-order valence-electron chi connectivity index (χ2n) is 3.40. The van der Waals surface area contributed by atoms with Gasteiger partial charge in [0.05, 0.1) is 0 Å². The van der Waals surface area contributed by atoms with Crippen molar-refractivity contribution >= 4 is 30.4 Å². The minimum absolute atomic E-state index is 0. The van der Waals surface area contributed by atoms with Gasteiger partial charge in [0.2, 0.25) is 0 Å². The Labute approximate surface area is 118 Å². The molecule has 0 fully saturated rings. The number of allylic oxidation sites excluding steroid dienone is 4. The maximum atomic E-state index is 5.42. The van der Waals surface area contributed by atoms with Crippen molar-refractivity contribution in [3.63, 3.8) is 0 Å². The summed E-state index contributed by atoms with van der Waals surface area (Å²) in [6.45, 7) is 4.40. The van der Waals surface area contributed by atoms with Crippen LogP contribution in [0, 0.1) is 5.92 Å². The monoisotopic (exact) mass is 321 g/mol. The fraction of sp³-hybridized carbons (Fsp3) is 0.273. The number of rotatable bonds is 1. The van der Waals surface area contributed by atoms with Crippen molar-refractivity contribution in [2.24, 2.45) is 5.92 Å². The number of furan rings is 1. The van der Waals surface area contributed by atoms with Crippen LogP contribution >= 0.6 is 24.8 Å². The molecule has 1 heterocycles. The molecule has 0 aliphatic heterocycles. The van der Waals surface area contributed by atoms with E-state index in [9.17, 15) is 0 Å². The van der Waals surface area contributed by atoms with Gasteiger partial charge in [-0.05, 0) is 0 Å². The third-order valence-corrected chi connectivity index (χ3v) is 4.12. The fourth-order valence-electron chi connectivity index (χ4n) is 1.73. The predicted molar refractivity (Wildman–Crippen MR) is 63.0 cm³/mol. The van der Waals surface area contributed by atoms with Crippen molar-refractivity contribution < 1.29 is 29.1 Å². The molecule has 1 atom stereocenters. The molecule has 15 heavy (non-hydrogen) atoms. The Morgan fingerprint density at radius 2 is 2.00 bits per heavy atom. The van der Waals surface area contributed by atoms with E-state index in [4.69, 9.17) is 4.42 Å². The molecule has 0 aromatic carbocycles. The standard InChI is InChI=1S/C11H11O.2ClH.Zr/c1-8-6-9(2)10(7-8)11-4-3-5-12-11;;;/h3-6,8H,1-2H3;2*1H;. The summed E-state index contributed by atoms with van der Waals surface area (Å²) >= 11 is 1.49. The van der Waals surface area contributed by atoms with Gasteiger partial charge in [0.1, 0.15) is 0 Å². The van der Waals surface area contributed by atoms with E-state index in [-0.39, 0.29) is 24.8 Å². The second kappa shape index (κ2) is 6.08. The smallest absolute Gasteiger partial charge is 0.147 e. The number of hydrogen-bond acceptors (Lipinski definition) is 1. The summed E-state index contributed by atoms with van der Waals surface area (Å²) in [6, 6.07) is 3.98. The van der Waals surface area contributed by atoms with Crippen LogP contribution < -0.4 is 0 Å². The fourth-order valence-corrected chi connectivity index (χ4v) is 2.72. The topological polar surface area (TPSA) is 13.1 Å². The summed E-state index contributed by atoms with van der Waals surface area (Å²) in [6.07, 6.45) is 4.05. The summed E-state index contributed by atoms with van der Waals surface area (Å²) < 4.78 is 6.92. The van der Waals surface area contributed by atoms with Gasteiger partial charge in [0.25, 0.3) is 0 Å². The van der Waals surface area contributed by atoms with E-state index in [0.29, 0.717) is 5.92 Å². The van der Waals surface area contributed by atoms with Crippen molar-refractivity contribution in [1.82, 2.24) is 0 Å². The molecule has 4 heteroatoms. The number of halogens is 2. The summed E-state index contributed by atoms with van der Waals surface area (Å²) in [5.74, 6) is 1.61. The van der Waals surface area contributed by atoms with Crippen LogP contribution in [0.3, 0.4) is 0 Å². The predicted octanol–water partition coefficient (Wildman–Crippen LogP) is 3.98. The van der Waals surface area contributed by atoms with E-state index in [1.54, 1.807) is 6.26 Å². The molecule has 1 aliphatic carbocycles. The van der Waals surface area contributed by atoms with Gasteiger partial charge in [0.15, 0.2) is 0 Å². The van der Waals surface area contributed by atoms with Crippen LogP contribution in [-0.4, -0.2) is 0 Å². The van der Waals surface area contributed by atoms with Crippen LogP contribution in [0.2, 0.25) is 0 Å². The van der Waals surface area contributed by atoms with Gasteiger partial charge < -0.3 is 0 Å². The summed E-state index contributed by atoms with van der Waals surface area (Å²) in [7, 11) is 0. The van der Waals surface area contributed by atoms with E-state index in [1.165, 1.54) is 39.1 Å². The summed E-state index contributed by atoms with van der Waals surface area (Å²) in [5, 5.41) is 0. The van der Waals surface area contributed by atoms with Gasteiger partial charge in [0, 0.05) is 0 Å². The van der Waals surface area contributed by atoms with Crippen molar-refractivity contribution in [2.45, 2.75) is 13.8 Å². The van der Waals surface area contributed by atoms with E-state index in [0.717, 1.165) is 5.76 Å². The Bertz CT molecular complexity index is 379. The molecule has 0 bridgehead atoms. The molecule has 1 aliphatic rings. The van der Waals surface area contributed by atoms with Crippen LogP contribution in [0.4, 0.5) is 0 Å². The molecule has 0 radical (unpaired) electrons. The van der Waals surface area contributed by atoms with Gasteiger partial charge in [-0.2, -0.15) is 0 Å². The zero-order valence-electron chi connectivity index (χ0n) is 8.61. The Kier molecular flexibility index (Phi) is 6.17. The molecule has 0 saturated heterocycles. The minimum atomic E-state index is 0. The molecule has 0 spiro atoms. The molecule has 0 N–H and O–H groups in total. The summed E-state index contributed by atoms with van der Waals surface area (Å²) in [5.41, 5.74) is 2.69. The van der Waals surface area contributed by atoms with Crippen molar-refractivity contribution in [1.29, 1.82) is 0 Å². The molecule has 2 rings (SSSR count). The first-order chi connectivity index (χ1) is 6.20. The molecule has 0 saturated carbocycles. The molecular weight excluding hydrogens is 310 g/mol. The third kappa shape index (κ3) is 2.87. The van der Waals surface area contributed by atoms with E-state index in [1.807, 2.05) is 12.1 Å². The zero-order chi connectivity index (χ0) is 9.42. The normalized spacial score (nSPS) is 19.3. The molecule has 81 valence electrons. The quantitative estimate of drug-likeness (QED) is 0.762. The van der Waals surface area contributed by atoms with E-state index < -0.39 is 0 Å². The molecule has 1 aromatic rings. The third-order valence-electron chi connectivity index (χ3n) is 2.39. The van der Waals surface area contributed by atoms with Crippen LogP contribution in [0.15, 0.2) is 37.7 Å². The Morgan fingerprint density at radius 3 is 2.40 bits per heavy atom. The largest absolute Gasteiger partial charge is 0.147 e. The van der Waals surface area contributed by atoms with Crippen LogP contribution in [0.5, 0.6) is 0 Å². The van der Waals surface area contributed by atoms with Crippen LogP contribution in [-0.2, 0) is 24.7 Å². The Morgan fingerprint density at radius 1 is 1.33 bits per heavy atom. The van der Waals surface area contributed by atoms with Crippen molar-refractivity contribution in [2.75, 3.05) is 0 Å². The first-order valence-corrected chi connectivity index (χ1v) is 5.61. The molecule has 1 nitrogen and oxygen atoms in total. The first-order valence-electron chi connectivity index (χ1n) is 4.38. The van der Waals surface area contributed by atoms with Crippen LogP contribution in [0.1, 0.15) is 19.6 Å². The SMILES string of the molecule is CC1=CC(C)[C]([Zr])=C1c1ccco1.Cl.Cl. The first kappa shape index (κ1) is 15.2. The Balaban J connectivity index is 0.000000980. The van der Waals surface area contributed by atoms with Gasteiger partial charge in [-0.15, -0.1) is 24.8 Å². The number of hydrogen-bond donors (Lipinski definition) is 0. The average molecular weight is 323 g/mol. The molecule has 1 aromatic heterocycles. The molecule has 1 unspecified atom stereocenters. The Hall–Kier alpha value is 0.223. The minimum Gasteiger partial charge on any atom is -0.147 e. The van der Waals surface area contributed by atoms with Crippen molar-refractivity contribution in [3.05, 3.63) is 39.1 Å². The maximum absolute atomic E-state index is 5.42. The van der Waals surface area contributed by atoms with Crippen molar-refractivity contribution in [3.8, 4) is 0 Å². The van der Waals surface area contributed by atoms with E-state index in [2.05, 4.69) is 19.9 Å². The maximum Gasteiger partial charge on any atom is -0.147 e. The molecular formula is C11H13Cl2OZr. The summed E-state index contributed by atoms with van der Waals surface area (Å²) in [4.78, 5) is 0. The van der Waals surface area contributed by atoms with Gasteiger partial charge in [-0.3, -0.25) is 0 Å². The van der Waals surface area contributed by atoms with Gasteiger partial charge in [-0.1, -0.05) is 0 Å².